The van der Waals surface area contributed by atoms with Crippen LogP contribution in [0.1, 0.15) is 18.4 Å². The summed E-state index contributed by atoms with van der Waals surface area (Å²) in [7, 11) is 0. The molecule has 0 aromatic heterocycles. The van der Waals surface area contributed by atoms with E-state index in [1.54, 1.807) is 12.1 Å². The van der Waals surface area contributed by atoms with Crippen LogP contribution in [0, 0.1) is 11.7 Å². The summed E-state index contributed by atoms with van der Waals surface area (Å²) in [4.78, 5) is 25.3. The predicted octanol–water partition coefficient (Wildman–Crippen LogP) is 2.76. The highest BCUT2D eigenvalue weighted by molar-refractivity contribution is 5.92. The second kappa shape index (κ2) is 8.13. The summed E-state index contributed by atoms with van der Waals surface area (Å²) in [6, 6.07) is 6.02. The van der Waals surface area contributed by atoms with Gasteiger partial charge in [0.25, 0.3) is 0 Å². The summed E-state index contributed by atoms with van der Waals surface area (Å²) in [5.74, 6) is -1.95. The molecule has 1 aliphatic heterocycles. The van der Waals surface area contributed by atoms with Gasteiger partial charge in [-0.15, -0.1) is 0 Å². The summed E-state index contributed by atoms with van der Waals surface area (Å²) in [6.07, 6.45) is -1.22. The van der Waals surface area contributed by atoms with Gasteiger partial charge in [0.05, 0.1) is 0 Å². The Morgan fingerprint density at radius 2 is 1.84 bits per heavy atom. The Labute approximate surface area is 142 Å². The third-order valence-corrected chi connectivity index (χ3v) is 3.95. The van der Waals surface area contributed by atoms with Crippen molar-refractivity contribution >= 4 is 17.9 Å². The van der Waals surface area contributed by atoms with Crippen LogP contribution >= 0.6 is 0 Å². The van der Waals surface area contributed by atoms with Crippen LogP contribution < -0.4 is 5.32 Å². The highest BCUT2D eigenvalue weighted by atomic mass is 19.4. The highest BCUT2D eigenvalue weighted by Gasteiger charge is 2.31. The molecule has 0 spiro atoms. The van der Waals surface area contributed by atoms with Crippen LogP contribution in [0.2, 0.25) is 0 Å². The molecule has 1 N–H and O–H groups in total. The van der Waals surface area contributed by atoms with Crippen molar-refractivity contribution in [3.05, 3.63) is 41.7 Å². The molecule has 1 aromatic carbocycles. The summed E-state index contributed by atoms with van der Waals surface area (Å²) < 4.78 is 49.8. The zero-order valence-corrected chi connectivity index (χ0v) is 13.4. The lowest BCUT2D eigenvalue weighted by atomic mass is 9.96. The Hall–Kier alpha value is -2.38. The molecule has 1 aliphatic rings. The molecule has 0 saturated carbocycles. The van der Waals surface area contributed by atoms with Crippen LogP contribution in [0.3, 0.4) is 0 Å². The largest absolute Gasteiger partial charge is 0.405 e. The first-order chi connectivity index (χ1) is 11.8. The Balaban J connectivity index is 1.82. The molecule has 0 radical (unpaired) electrons. The average molecular weight is 358 g/mol. The number of carbonyl (C=O) groups excluding carboxylic acids is 2. The summed E-state index contributed by atoms with van der Waals surface area (Å²) in [6.45, 7) is -0.814. The molecule has 2 rings (SSSR count). The SMILES string of the molecule is O=C(NCC(F)(F)F)C1CCN(C(=O)/C=C/c2ccccc2F)CC1. The number of carbonyl (C=O) groups is 2. The number of benzene rings is 1. The van der Waals surface area contributed by atoms with E-state index in [1.807, 2.05) is 5.32 Å². The molecule has 0 aliphatic carbocycles. The van der Waals surface area contributed by atoms with Gasteiger partial charge in [0.2, 0.25) is 11.8 Å². The first-order valence-electron chi connectivity index (χ1n) is 7.82. The van der Waals surface area contributed by atoms with Gasteiger partial charge in [0.15, 0.2) is 0 Å². The van der Waals surface area contributed by atoms with E-state index in [4.69, 9.17) is 0 Å². The third-order valence-electron chi connectivity index (χ3n) is 3.95. The molecule has 2 amide bonds. The van der Waals surface area contributed by atoms with Gasteiger partial charge in [-0.3, -0.25) is 9.59 Å². The van der Waals surface area contributed by atoms with E-state index in [1.165, 1.54) is 29.2 Å². The van der Waals surface area contributed by atoms with Gasteiger partial charge < -0.3 is 10.2 Å². The molecule has 0 atom stereocenters. The zero-order chi connectivity index (χ0) is 18.4. The first kappa shape index (κ1) is 19.0. The number of rotatable bonds is 4. The van der Waals surface area contributed by atoms with Gasteiger partial charge in [0, 0.05) is 30.6 Å². The van der Waals surface area contributed by atoms with Crippen LogP contribution in [0.15, 0.2) is 30.3 Å². The quantitative estimate of drug-likeness (QED) is 0.665. The Bertz CT molecular complexity index is 650. The van der Waals surface area contributed by atoms with Gasteiger partial charge in [-0.05, 0) is 25.0 Å². The minimum Gasteiger partial charge on any atom is -0.347 e. The van der Waals surface area contributed by atoms with Gasteiger partial charge in [-0.1, -0.05) is 18.2 Å². The van der Waals surface area contributed by atoms with Gasteiger partial charge in [-0.2, -0.15) is 13.2 Å². The molecule has 8 heteroatoms. The van der Waals surface area contributed by atoms with Gasteiger partial charge in [-0.25, -0.2) is 4.39 Å². The Kier molecular flexibility index (Phi) is 6.17. The highest BCUT2D eigenvalue weighted by Crippen LogP contribution is 2.19. The number of alkyl halides is 3. The lowest BCUT2D eigenvalue weighted by Gasteiger charge is -2.30. The Morgan fingerprint density at radius 1 is 1.20 bits per heavy atom. The van der Waals surface area contributed by atoms with Crippen molar-refractivity contribution in [3.63, 3.8) is 0 Å². The van der Waals surface area contributed by atoms with Crippen LogP contribution in [0.5, 0.6) is 0 Å². The average Bonchev–Trinajstić information content (AvgIpc) is 2.58. The lowest BCUT2D eigenvalue weighted by molar-refractivity contribution is -0.142. The van der Waals surface area contributed by atoms with E-state index in [0.29, 0.717) is 12.8 Å². The number of nitrogens with one attached hydrogen (secondary N) is 1. The first-order valence-corrected chi connectivity index (χ1v) is 7.82. The molecule has 1 saturated heterocycles. The number of hydrogen-bond donors (Lipinski definition) is 1. The smallest absolute Gasteiger partial charge is 0.347 e. The molecule has 0 bridgehead atoms. The number of piperidine rings is 1. The van der Waals surface area contributed by atoms with Crippen LogP contribution in [-0.4, -0.2) is 42.5 Å². The maximum Gasteiger partial charge on any atom is 0.405 e. The normalized spacial score (nSPS) is 16.2. The molecular weight excluding hydrogens is 340 g/mol. The molecule has 1 aromatic rings. The van der Waals surface area contributed by atoms with Crippen molar-refractivity contribution in [1.82, 2.24) is 10.2 Å². The van der Waals surface area contributed by atoms with E-state index in [0.717, 1.165) is 0 Å². The minimum absolute atomic E-state index is 0.268. The standard InChI is InChI=1S/C17H18F4N2O2/c18-14-4-2-1-3-12(14)5-6-15(24)23-9-7-13(8-10-23)16(25)22-11-17(19,20)21/h1-6,13H,7-11H2,(H,22,25)/b6-5+. The number of hydrogen-bond acceptors (Lipinski definition) is 2. The van der Waals surface area contributed by atoms with Gasteiger partial charge in [0.1, 0.15) is 12.4 Å². The van der Waals surface area contributed by atoms with E-state index in [9.17, 15) is 27.2 Å². The second-order valence-electron chi connectivity index (χ2n) is 5.79. The fourth-order valence-corrected chi connectivity index (χ4v) is 2.57. The predicted molar refractivity (Wildman–Crippen MR) is 83.8 cm³/mol. The molecule has 1 fully saturated rings. The molecule has 136 valence electrons. The molecule has 4 nitrogen and oxygen atoms in total. The number of halogens is 4. The Morgan fingerprint density at radius 3 is 2.44 bits per heavy atom. The maximum absolute atomic E-state index is 13.5. The molecule has 1 heterocycles. The number of likely N-dealkylation sites (tertiary alicyclic amines) is 1. The lowest BCUT2D eigenvalue weighted by Crippen LogP contribution is -2.44. The van der Waals surface area contributed by atoms with Crippen molar-refractivity contribution in [2.75, 3.05) is 19.6 Å². The van der Waals surface area contributed by atoms with E-state index in [-0.39, 0.29) is 24.6 Å². The van der Waals surface area contributed by atoms with Crippen LogP contribution in [0.4, 0.5) is 17.6 Å². The van der Waals surface area contributed by atoms with E-state index < -0.39 is 30.4 Å². The van der Waals surface area contributed by atoms with E-state index in [2.05, 4.69) is 0 Å². The third kappa shape index (κ3) is 5.88. The van der Waals surface area contributed by atoms with Gasteiger partial charge >= 0.3 is 6.18 Å². The van der Waals surface area contributed by atoms with Crippen LogP contribution in [0.25, 0.3) is 6.08 Å². The van der Waals surface area contributed by atoms with E-state index >= 15 is 0 Å². The second-order valence-corrected chi connectivity index (χ2v) is 5.79. The molecule has 25 heavy (non-hydrogen) atoms. The maximum atomic E-state index is 13.5. The fourth-order valence-electron chi connectivity index (χ4n) is 2.57. The fraction of sp³-hybridized carbons (Fsp3) is 0.412. The van der Waals surface area contributed by atoms with Crippen molar-refractivity contribution in [2.45, 2.75) is 19.0 Å². The zero-order valence-electron chi connectivity index (χ0n) is 13.4. The summed E-state index contributed by atoms with van der Waals surface area (Å²) in [5, 5.41) is 1.87. The van der Waals surface area contributed by atoms with Crippen molar-refractivity contribution in [2.24, 2.45) is 5.92 Å². The van der Waals surface area contributed by atoms with Crippen LogP contribution in [-0.2, 0) is 9.59 Å². The van der Waals surface area contributed by atoms with Crippen molar-refractivity contribution in [3.8, 4) is 0 Å². The summed E-state index contributed by atoms with van der Waals surface area (Å²) >= 11 is 0. The monoisotopic (exact) mass is 358 g/mol. The minimum atomic E-state index is -4.44. The number of nitrogens with zero attached hydrogens (tertiary/aromatic N) is 1. The van der Waals surface area contributed by atoms with Crippen molar-refractivity contribution < 1.29 is 27.2 Å². The molecule has 0 unspecified atom stereocenters. The number of amides is 2. The van der Waals surface area contributed by atoms with Crippen molar-refractivity contribution in [1.29, 1.82) is 0 Å². The molecular formula is C17H18F4N2O2. The topological polar surface area (TPSA) is 49.4 Å². The summed E-state index contributed by atoms with van der Waals surface area (Å²) in [5.41, 5.74) is 0.289.